The first-order valence-corrected chi connectivity index (χ1v) is 7.45. The molecule has 18 heavy (non-hydrogen) atoms. The molecule has 1 rings (SSSR count). The Bertz CT molecular complexity index is 355. The van der Waals surface area contributed by atoms with Crippen LogP contribution in [0.1, 0.15) is 57.5 Å². The normalized spacial score (nSPS) is 14.2. The van der Waals surface area contributed by atoms with Crippen molar-refractivity contribution in [2.45, 2.75) is 60.2 Å². The highest BCUT2D eigenvalue weighted by atomic mass is 32.1. The first-order chi connectivity index (χ1) is 8.34. The molecule has 0 fully saturated rings. The lowest BCUT2D eigenvalue weighted by Gasteiger charge is -2.28. The smallest absolute Gasteiger partial charge is 0.122 e. The molecule has 0 amide bonds. The maximum absolute atomic E-state index is 5.86. The van der Waals surface area contributed by atoms with Gasteiger partial charge in [-0.3, -0.25) is 0 Å². The molecule has 0 bridgehead atoms. The average molecular weight is 270 g/mol. The van der Waals surface area contributed by atoms with Gasteiger partial charge in [-0.25, -0.2) is 4.98 Å². The number of aromatic nitrogens is 1. The number of ether oxygens (including phenoxy) is 1. The van der Waals surface area contributed by atoms with Crippen LogP contribution in [0.5, 0.6) is 0 Å². The Hall–Kier alpha value is -0.450. The summed E-state index contributed by atoms with van der Waals surface area (Å²) >= 11 is 1.75. The lowest BCUT2D eigenvalue weighted by atomic mass is 9.89. The minimum Gasteiger partial charge on any atom is -0.371 e. The third-order valence-electron chi connectivity index (χ3n) is 2.60. The summed E-state index contributed by atoms with van der Waals surface area (Å²) in [4.78, 5) is 5.80. The predicted molar refractivity (Wildman–Crippen MR) is 77.9 cm³/mol. The van der Waals surface area contributed by atoms with Crippen LogP contribution in [0.25, 0.3) is 0 Å². The van der Waals surface area contributed by atoms with Gasteiger partial charge in [0.15, 0.2) is 0 Å². The van der Waals surface area contributed by atoms with Crippen LogP contribution in [-0.2, 0) is 11.3 Å². The number of thiazole rings is 1. The fraction of sp³-hybridized carbons (Fsp3) is 0.786. The monoisotopic (exact) mass is 270 g/mol. The zero-order chi connectivity index (χ0) is 13.8. The fourth-order valence-corrected chi connectivity index (χ4v) is 2.85. The highest BCUT2D eigenvalue weighted by molar-refractivity contribution is 7.11. The van der Waals surface area contributed by atoms with Crippen molar-refractivity contribution >= 4 is 11.3 Å². The van der Waals surface area contributed by atoms with E-state index in [0.29, 0.717) is 6.04 Å². The molecule has 0 saturated heterocycles. The quantitative estimate of drug-likeness (QED) is 0.854. The van der Waals surface area contributed by atoms with E-state index in [-0.39, 0.29) is 11.5 Å². The molecule has 1 N–H and O–H groups in total. The number of nitrogens with one attached hydrogen (secondary N) is 1. The molecule has 1 aromatic heterocycles. The van der Waals surface area contributed by atoms with Gasteiger partial charge >= 0.3 is 0 Å². The third kappa shape index (κ3) is 4.67. The Labute approximate surface area is 115 Å². The minimum atomic E-state index is 0.0800. The highest BCUT2D eigenvalue weighted by Crippen LogP contribution is 2.37. The summed E-state index contributed by atoms with van der Waals surface area (Å²) in [5, 5.41) is 4.50. The molecular formula is C14H26N2OS. The third-order valence-corrected chi connectivity index (χ3v) is 3.64. The zero-order valence-electron chi connectivity index (χ0n) is 12.4. The van der Waals surface area contributed by atoms with Gasteiger partial charge in [0.25, 0.3) is 0 Å². The van der Waals surface area contributed by atoms with Gasteiger partial charge in [0.1, 0.15) is 11.1 Å². The number of nitrogens with zero attached hydrogens (tertiary/aromatic N) is 1. The molecule has 0 radical (unpaired) electrons. The van der Waals surface area contributed by atoms with Crippen LogP contribution >= 0.6 is 11.3 Å². The maximum atomic E-state index is 5.86. The van der Waals surface area contributed by atoms with E-state index in [1.807, 2.05) is 13.1 Å². The van der Waals surface area contributed by atoms with E-state index in [9.17, 15) is 0 Å². The van der Waals surface area contributed by atoms with E-state index >= 15 is 0 Å². The van der Waals surface area contributed by atoms with Crippen molar-refractivity contribution in [1.29, 1.82) is 0 Å². The molecule has 0 aliphatic rings. The second-order valence-corrected chi connectivity index (χ2v) is 7.05. The molecule has 0 aliphatic carbocycles. The summed E-state index contributed by atoms with van der Waals surface area (Å²) in [6, 6.07) is 0.501. The van der Waals surface area contributed by atoms with Crippen LogP contribution < -0.4 is 5.32 Å². The molecule has 1 atom stereocenters. The molecular weight excluding hydrogens is 244 g/mol. The Kier molecular flexibility index (Phi) is 5.76. The van der Waals surface area contributed by atoms with Gasteiger partial charge in [-0.1, -0.05) is 34.6 Å². The standard InChI is InChI=1S/C14H26N2OS/c1-7-17-12(14(4,5)6)13-16-9-11(18-13)8-15-10(2)3/h9-10,12,15H,7-8H2,1-6H3. The second kappa shape index (κ2) is 6.64. The van der Waals surface area contributed by atoms with Crippen LogP contribution in [0.4, 0.5) is 0 Å². The first-order valence-electron chi connectivity index (χ1n) is 6.64. The largest absolute Gasteiger partial charge is 0.371 e. The van der Waals surface area contributed by atoms with Gasteiger partial charge in [-0.2, -0.15) is 0 Å². The summed E-state index contributed by atoms with van der Waals surface area (Å²) < 4.78 is 5.86. The second-order valence-electron chi connectivity index (χ2n) is 5.90. The van der Waals surface area contributed by atoms with Gasteiger partial charge in [0.2, 0.25) is 0 Å². The summed E-state index contributed by atoms with van der Waals surface area (Å²) in [6.07, 6.45) is 2.05. The zero-order valence-corrected chi connectivity index (χ0v) is 13.2. The Balaban J connectivity index is 2.75. The topological polar surface area (TPSA) is 34.1 Å². The summed E-state index contributed by atoms with van der Waals surface area (Å²) in [6.45, 7) is 14.5. The van der Waals surface area contributed by atoms with Crippen LogP contribution in [0.15, 0.2) is 6.20 Å². The molecule has 1 aromatic rings. The fourth-order valence-electron chi connectivity index (χ4n) is 1.69. The van der Waals surface area contributed by atoms with Crippen molar-refractivity contribution in [1.82, 2.24) is 10.3 Å². The number of rotatable bonds is 6. The van der Waals surface area contributed by atoms with Crippen molar-refractivity contribution in [3.05, 3.63) is 16.1 Å². The minimum absolute atomic E-state index is 0.0800. The first kappa shape index (κ1) is 15.6. The van der Waals surface area contributed by atoms with Crippen molar-refractivity contribution in [2.24, 2.45) is 5.41 Å². The molecule has 1 unspecified atom stereocenters. The SMILES string of the molecule is CCOC(c1ncc(CNC(C)C)s1)C(C)(C)C. The van der Waals surface area contributed by atoms with Gasteiger partial charge in [-0.05, 0) is 12.3 Å². The molecule has 3 nitrogen and oxygen atoms in total. The maximum Gasteiger partial charge on any atom is 0.122 e. The Morgan fingerprint density at radius 3 is 2.56 bits per heavy atom. The van der Waals surface area contributed by atoms with Gasteiger partial charge < -0.3 is 10.1 Å². The van der Waals surface area contributed by atoms with Gasteiger partial charge in [0.05, 0.1) is 0 Å². The van der Waals surface area contributed by atoms with Crippen molar-refractivity contribution in [3.8, 4) is 0 Å². The average Bonchev–Trinajstić information content (AvgIpc) is 2.69. The van der Waals surface area contributed by atoms with E-state index in [1.165, 1.54) is 4.88 Å². The Morgan fingerprint density at radius 1 is 1.39 bits per heavy atom. The van der Waals surface area contributed by atoms with Crippen molar-refractivity contribution in [3.63, 3.8) is 0 Å². The van der Waals surface area contributed by atoms with E-state index in [1.54, 1.807) is 11.3 Å². The summed E-state index contributed by atoms with van der Waals surface area (Å²) in [5.41, 5.74) is 0.0800. The van der Waals surface area contributed by atoms with Crippen LogP contribution in [0.2, 0.25) is 0 Å². The number of hydrogen-bond acceptors (Lipinski definition) is 4. The molecule has 0 spiro atoms. The molecule has 0 saturated carbocycles. The summed E-state index contributed by atoms with van der Waals surface area (Å²) in [7, 11) is 0. The molecule has 0 aromatic carbocycles. The van der Waals surface area contributed by atoms with Crippen molar-refractivity contribution < 1.29 is 4.74 Å². The number of hydrogen-bond donors (Lipinski definition) is 1. The van der Waals surface area contributed by atoms with Crippen LogP contribution in [0, 0.1) is 5.41 Å². The molecule has 4 heteroatoms. The lowest BCUT2D eigenvalue weighted by molar-refractivity contribution is -0.0133. The molecule has 0 aliphatic heterocycles. The summed E-state index contributed by atoms with van der Waals surface area (Å²) in [5.74, 6) is 0. The Morgan fingerprint density at radius 2 is 2.06 bits per heavy atom. The lowest BCUT2D eigenvalue weighted by Crippen LogP contribution is -2.21. The van der Waals surface area contributed by atoms with Crippen LogP contribution in [-0.4, -0.2) is 17.6 Å². The van der Waals surface area contributed by atoms with Crippen LogP contribution in [0.3, 0.4) is 0 Å². The molecule has 104 valence electrons. The van der Waals surface area contributed by atoms with E-state index in [0.717, 1.165) is 18.2 Å². The van der Waals surface area contributed by atoms with Gasteiger partial charge in [0, 0.05) is 30.3 Å². The predicted octanol–water partition coefficient (Wildman–Crippen LogP) is 3.76. The van der Waals surface area contributed by atoms with E-state index in [2.05, 4.69) is 44.9 Å². The highest BCUT2D eigenvalue weighted by Gasteiger charge is 2.29. The van der Waals surface area contributed by atoms with E-state index in [4.69, 9.17) is 4.74 Å². The molecule has 1 heterocycles. The van der Waals surface area contributed by atoms with Gasteiger partial charge in [-0.15, -0.1) is 11.3 Å². The van der Waals surface area contributed by atoms with E-state index < -0.39 is 0 Å². The van der Waals surface area contributed by atoms with Crippen molar-refractivity contribution in [2.75, 3.05) is 6.61 Å².